The SMILES string of the molecule is CCNc1ncnc(N(CCC#N)CC(C)C)c1CC. The first-order valence-electron chi connectivity index (χ1n) is 7.33. The minimum absolute atomic E-state index is 0.510. The lowest BCUT2D eigenvalue weighted by atomic mass is 10.1. The Labute approximate surface area is 122 Å². The van der Waals surface area contributed by atoms with Gasteiger partial charge in [-0.05, 0) is 19.3 Å². The number of nitrogens with one attached hydrogen (secondary N) is 1. The average molecular weight is 275 g/mol. The third-order valence-electron chi connectivity index (χ3n) is 3.00. The van der Waals surface area contributed by atoms with Gasteiger partial charge in [-0.2, -0.15) is 5.26 Å². The topological polar surface area (TPSA) is 64.8 Å². The molecule has 0 spiro atoms. The highest BCUT2D eigenvalue weighted by molar-refractivity contribution is 5.58. The van der Waals surface area contributed by atoms with Crippen molar-refractivity contribution in [2.75, 3.05) is 29.9 Å². The first kappa shape index (κ1) is 16.2. The van der Waals surface area contributed by atoms with Crippen LogP contribution in [0.15, 0.2) is 6.33 Å². The second-order valence-electron chi connectivity index (χ2n) is 5.16. The quantitative estimate of drug-likeness (QED) is 0.790. The van der Waals surface area contributed by atoms with Crippen molar-refractivity contribution in [3.8, 4) is 6.07 Å². The number of hydrogen-bond donors (Lipinski definition) is 1. The highest BCUT2D eigenvalue weighted by atomic mass is 15.2. The van der Waals surface area contributed by atoms with Crippen molar-refractivity contribution < 1.29 is 0 Å². The predicted molar refractivity (Wildman–Crippen MR) is 82.9 cm³/mol. The molecule has 0 aliphatic rings. The summed E-state index contributed by atoms with van der Waals surface area (Å²) in [5.41, 5.74) is 1.13. The molecular formula is C15H25N5. The van der Waals surface area contributed by atoms with Gasteiger partial charge in [-0.3, -0.25) is 0 Å². The van der Waals surface area contributed by atoms with Crippen LogP contribution in [-0.2, 0) is 6.42 Å². The molecule has 0 amide bonds. The lowest BCUT2D eigenvalue weighted by molar-refractivity contribution is 0.605. The Morgan fingerprint density at radius 3 is 2.65 bits per heavy atom. The summed E-state index contributed by atoms with van der Waals surface area (Å²) < 4.78 is 0. The summed E-state index contributed by atoms with van der Waals surface area (Å²) in [7, 11) is 0. The van der Waals surface area contributed by atoms with E-state index >= 15 is 0 Å². The molecule has 20 heavy (non-hydrogen) atoms. The molecule has 0 atom stereocenters. The number of rotatable bonds is 8. The number of hydrogen-bond acceptors (Lipinski definition) is 5. The monoisotopic (exact) mass is 275 g/mol. The van der Waals surface area contributed by atoms with E-state index in [9.17, 15) is 0 Å². The van der Waals surface area contributed by atoms with Crippen LogP contribution in [0.4, 0.5) is 11.6 Å². The second kappa shape index (κ2) is 8.36. The second-order valence-corrected chi connectivity index (χ2v) is 5.16. The standard InChI is InChI=1S/C15H25N5/c1-5-13-14(17-6-2)18-11-19-15(13)20(9-7-8-16)10-12(3)4/h11-12H,5-7,9-10H2,1-4H3,(H,17,18,19). The molecule has 0 bridgehead atoms. The molecule has 0 aliphatic heterocycles. The van der Waals surface area contributed by atoms with Gasteiger partial charge in [0.15, 0.2) is 0 Å². The Hall–Kier alpha value is -1.83. The molecule has 1 aromatic heterocycles. The van der Waals surface area contributed by atoms with E-state index in [0.717, 1.165) is 36.7 Å². The molecular weight excluding hydrogens is 250 g/mol. The third kappa shape index (κ3) is 4.37. The van der Waals surface area contributed by atoms with E-state index in [1.54, 1.807) is 6.33 Å². The van der Waals surface area contributed by atoms with Crippen molar-refractivity contribution in [3.05, 3.63) is 11.9 Å². The molecule has 1 N–H and O–H groups in total. The fourth-order valence-electron chi connectivity index (χ4n) is 2.23. The Morgan fingerprint density at radius 1 is 1.35 bits per heavy atom. The van der Waals surface area contributed by atoms with Crippen LogP contribution in [0.1, 0.15) is 39.7 Å². The summed E-state index contributed by atoms with van der Waals surface area (Å²) in [6.07, 6.45) is 2.99. The normalized spacial score (nSPS) is 10.4. The van der Waals surface area contributed by atoms with Crippen molar-refractivity contribution in [1.29, 1.82) is 5.26 Å². The summed E-state index contributed by atoms with van der Waals surface area (Å²) in [6, 6.07) is 2.22. The van der Waals surface area contributed by atoms with Gasteiger partial charge in [-0.1, -0.05) is 20.8 Å². The van der Waals surface area contributed by atoms with Gasteiger partial charge >= 0.3 is 0 Å². The minimum Gasteiger partial charge on any atom is -0.370 e. The highest BCUT2D eigenvalue weighted by Crippen LogP contribution is 2.24. The fourth-order valence-corrected chi connectivity index (χ4v) is 2.23. The smallest absolute Gasteiger partial charge is 0.137 e. The van der Waals surface area contributed by atoms with E-state index in [0.29, 0.717) is 18.9 Å². The molecule has 5 nitrogen and oxygen atoms in total. The summed E-state index contributed by atoms with van der Waals surface area (Å²) in [5.74, 6) is 2.39. The van der Waals surface area contributed by atoms with Crippen LogP contribution < -0.4 is 10.2 Å². The van der Waals surface area contributed by atoms with Crippen LogP contribution in [-0.4, -0.2) is 29.6 Å². The minimum atomic E-state index is 0.510. The third-order valence-corrected chi connectivity index (χ3v) is 3.00. The van der Waals surface area contributed by atoms with Gasteiger partial charge in [-0.15, -0.1) is 0 Å². The van der Waals surface area contributed by atoms with Crippen LogP contribution in [0.25, 0.3) is 0 Å². The van der Waals surface area contributed by atoms with Gasteiger partial charge < -0.3 is 10.2 Å². The number of nitriles is 1. The number of anilines is 2. The zero-order chi connectivity index (χ0) is 15.0. The molecule has 1 aromatic rings. The van der Waals surface area contributed by atoms with E-state index in [1.807, 2.05) is 0 Å². The Morgan fingerprint density at radius 2 is 2.10 bits per heavy atom. The van der Waals surface area contributed by atoms with Crippen LogP contribution >= 0.6 is 0 Å². The van der Waals surface area contributed by atoms with Crippen molar-refractivity contribution in [3.63, 3.8) is 0 Å². The predicted octanol–water partition coefficient (Wildman–Crippen LogP) is 2.85. The molecule has 0 aromatic carbocycles. The summed E-state index contributed by atoms with van der Waals surface area (Å²) in [4.78, 5) is 11.0. The molecule has 0 unspecified atom stereocenters. The van der Waals surface area contributed by atoms with Crippen molar-refractivity contribution >= 4 is 11.6 Å². The maximum absolute atomic E-state index is 8.84. The van der Waals surface area contributed by atoms with Crippen molar-refractivity contribution in [2.45, 2.75) is 40.5 Å². The molecule has 1 heterocycles. The summed E-state index contributed by atoms with van der Waals surface area (Å²) >= 11 is 0. The lowest BCUT2D eigenvalue weighted by Crippen LogP contribution is -2.30. The largest absolute Gasteiger partial charge is 0.370 e. The van der Waals surface area contributed by atoms with Crippen molar-refractivity contribution in [1.82, 2.24) is 9.97 Å². The fraction of sp³-hybridized carbons (Fsp3) is 0.667. The van der Waals surface area contributed by atoms with Crippen LogP contribution in [0.5, 0.6) is 0 Å². The van der Waals surface area contributed by atoms with Gasteiger partial charge in [0.1, 0.15) is 18.0 Å². The first-order valence-corrected chi connectivity index (χ1v) is 7.33. The van der Waals surface area contributed by atoms with E-state index in [1.165, 1.54) is 0 Å². The van der Waals surface area contributed by atoms with Gasteiger partial charge in [0.2, 0.25) is 0 Å². The Bertz CT molecular complexity index is 450. The van der Waals surface area contributed by atoms with Crippen molar-refractivity contribution in [2.24, 2.45) is 5.92 Å². The highest BCUT2D eigenvalue weighted by Gasteiger charge is 2.16. The van der Waals surface area contributed by atoms with E-state index in [-0.39, 0.29) is 0 Å². The average Bonchev–Trinajstić information content (AvgIpc) is 2.43. The first-order chi connectivity index (χ1) is 9.63. The lowest BCUT2D eigenvalue weighted by Gasteiger charge is -2.27. The van der Waals surface area contributed by atoms with Gasteiger partial charge in [0, 0.05) is 25.2 Å². The Balaban J connectivity index is 3.10. The van der Waals surface area contributed by atoms with Crippen LogP contribution in [0, 0.1) is 17.2 Å². The molecule has 0 saturated heterocycles. The zero-order valence-electron chi connectivity index (χ0n) is 13.0. The van der Waals surface area contributed by atoms with E-state index < -0.39 is 0 Å². The van der Waals surface area contributed by atoms with E-state index in [2.05, 4.69) is 53.9 Å². The van der Waals surface area contributed by atoms with Crippen LogP contribution in [0.3, 0.4) is 0 Å². The molecule has 5 heteroatoms. The number of aromatic nitrogens is 2. The maximum Gasteiger partial charge on any atom is 0.137 e. The summed E-state index contributed by atoms with van der Waals surface area (Å²) in [5, 5.41) is 12.1. The van der Waals surface area contributed by atoms with Crippen LogP contribution in [0.2, 0.25) is 0 Å². The van der Waals surface area contributed by atoms with Gasteiger partial charge in [0.25, 0.3) is 0 Å². The molecule has 0 radical (unpaired) electrons. The van der Waals surface area contributed by atoms with Gasteiger partial charge in [0.05, 0.1) is 12.5 Å². The maximum atomic E-state index is 8.84. The zero-order valence-corrected chi connectivity index (χ0v) is 13.0. The van der Waals surface area contributed by atoms with E-state index in [4.69, 9.17) is 5.26 Å². The molecule has 0 aliphatic carbocycles. The molecule has 1 rings (SSSR count). The Kier molecular flexibility index (Phi) is 6.78. The summed E-state index contributed by atoms with van der Waals surface area (Å²) in [6.45, 7) is 11.0. The number of nitrogens with zero attached hydrogens (tertiary/aromatic N) is 4. The molecule has 110 valence electrons. The molecule has 0 saturated carbocycles. The van der Waals surface area contributed by atoms with Gasteiger partial charge in [-0.25, -0.2) is 9.97 Å². The molecule has 0 fully saturated rings.